The molecule has 1 N–H and O–H groups in total. The number of thiazole rings is 1. The molecule has 0 aliphatic heterocycles. The van der Waals surface area contributed by atoms with Gasteiger partial charge >= 0.3 is 0 Å². The van der Waals surface area contributed by atoms with Gasteiger partial charge in [0.25, 0.3) is 17.2 Å². The number of ether oxygens (including phenoxy) is 1. The lowest BCUT2D eigenvalue weighted by molar-refractivity contribution is -0.384. The van der Waals surface area contributed by atoms with Crippen LogP contribution < -0.4 is 24.8 Å². The zero-order chi connectivity index (χ0) is 29.6. The second-order valence-corrected chi connectivity index (χ2v) is 9.83. The Morgan fingerprint density at radius 1 is 1.07 bits per heavy atom. The fourth-order valence-corrected chi connectivity index (χ4v) is 5.20. The van der Waals surface area contributed by atoms with Crippen LogP contribution >= 0.6 is 11.3 Å². The lowest BCUT2D eigenvalue weighted by Crippen LogP contribution is -2.32. The first kappa shape index (κ1) is 27.8. The highest BCUT2D eigenvalue weighted by atomic mass is 32.1. The van der Waals surface area contributed by atoms with Gasteiger partial charge in [0.05, 0.1) is 21.7 Å². The number of para-hydroxylation sites is 1. The van der Waals surface area contributed by atoms with Crippen molar-refractivity contribution in [1.82, 2.24) is 4.57 Å². The van der Waals surface area contributed by atoms with Crippen molar-refractivity contribution in [3.8, 4) is 28.8 Å². The lowest BCUT2D eigenvalue weighted by atomic mass is 10.1. The molecule has 0 aliphatic rings. The lowest BCUT2D eigenvalue weighted by Gasteiger charge is -2.07. The second-order valence-electron chi connectivity index (χ2n) is 8.80. The zero-order valence-electron chi connectivity index (χ0n) is 22.1. The topological polar surface area (TPSA) is 140 Å². The molecule has 0 spiro atoms. The molecule has 11 heteroatoms. The first-order chi connectivity index (χ1) is 20.4. The third kappa shape index (κ3) is 5.89. The molecule has 5 rings (SSSR count). The maximum Gasteiger partial charge on any atom is 0.273 e. The number of nitrogens with one attached hydrogen (secondary N) is 1. The Kier molecular flexibility index (Phi) is 8.08. The van der Waals surface area contributed by atoms with E-state index in [2.05, 4.69) is 5.32 Å². The van der Waals surface area contributed by atoms with Crippen molar-refractivity contribution in [1.29, 1.82) is 5.26 Å². The van der Waals surface area contributed by atoms with Crippen LogP contribution in [0.4, 0.5) is 11.4 Å². The number of nitro benzene ring substituents is 1. The highest BCUT2D eigenvalue weighted by Gasteiger charge is 2.18. The van der Waals surface area contributed by atoms with Crippen LogP contribution in [-0.4, -0.2) is 22.0 Å². The predicted molar refractivity (Wildman–Crippen MR) is 159 cm³/mol. The number of rotatable bonds is 8. The first-order valence-corrected chi connectivity index (χ1v) is 13.5. The standard InChI is InChI=1S/C31H22N4O6S/c1-2-40-24-14-10-21(11-15-24)33-29(36)26(19-32)31-34(22-6-4-3-5-7-22)30(37)28(42-31)18-25-16-17-27(41-25)20-8-12-23(13-9-20)35(38)39/h3-18H,2H2,1H3,(H,33,36)/b28-18+,31-26-. The van der Waals surface area contributed by atoms with Gasteiger partial charge in [-0.25, -0.2) is 0 Å². The number of hydrogen-bond donors (Lipinski definition) is 1. The summed E-state index contributed by atoms with van der Waals surface area (Å²) in [5, 5.41) is 23.7. The highest BCUT2D eigenvalue weighted by Crippen LogP contribution is 2.25. The number of non-ortho nitro benzene ring substituents is 1. The quantitative estimate of drug-likeness (QED) is 0.209. The number of nitro groups is 1. The molecule has 0 bridgehead atoms. The molecule has 42 heavy (non-hydrogen) atoms. The van der Waals surface area contributed by atoms with Gasteiger partial charge in [-0.2, -0.15) is 5.26 Å². The molecule has 1 amide bonds. The summed E-state index contributed by atoms with van der Waals surface area (Å²) < 4.78 is 13.0. The third-order valence-electron chi connectivity index (χ3n) is 6.08. The monoisotopic (exact) mass is 578 g/mol. The SMILES string of the molecule is CCOc1ccc(NC(=O)/C(C#N)=c2\s/c(=C/c3ccc(-c4ccc([N+](=O)[O-])cc4)o3)c(=O)n2-c2ccccc2)cc1. The summed E-state index contributed by atoms with van der Waals surface area (Å²) in [6, 6.07) is 26.7. The molecule has 2 aromatic heterocycles. The normalized spacial score (nSPS) is 12.0. The summed E-state index contributed by atoms with van der Waals surface area (Å²) in [5.74, 6) is 0.782. The van der Waals surface area contributed by atoms with Gasteiger partial charge in [-0.3, -0.25) is 24.3 Å². The first-order valence-electron chi connectivity index (χ1n) is 12.7. The molecular formula is C31H22N4O6S. The number of aromatic nitrogens is 1. The fraction of sp³-hybridized carbons (Fsp3) is 0.0645. The molecule has 2 heterocycles. The Morgan fingerprint density at radius 2 is 1.79 bits per heavy atom. The molecule has 0 fully saturated rings. The number of carbonyl (C=O) groups excluding carboxylic acids is 1. The van der Waals surface area contributed by atoms with E-state index in [1.165, 1.54) is 22.8 Å². The van der Waals surface area contributed by atoms with Gasteiger partial charge < -0.3 is 14.5 Å². The van der Waals surface area contributed by atoms with Crippen LogP contribution in [0, 0.1) is 21.4 Å². The maximum absolute atomic E-state index is 13.6. The van der Waals surface area contributed by atoms with E-state index < -0.39 is 16.4 Å². The van der Waals surface area contributed by atoms with Crippen molar-refractivity contribution in [3.63, 3.8) is 0 Å². The Bertz CT molecular complexity index is 1980. The van der Waals surface area contributed by atoms with Crippen LogP contribution in [0.25, 0.3) is 28.7 Å². The van der Waals surface area contributed by atoms with E-state index in [1.54, 1.807) is 78.9 Å². The van der Waals surface area contributed by atoms with E-state index >= 15 is 0 Å². The largest absolute Gasteiger partial charge is 0.494 e. The summed E-state index contributed by atoms with van der Waals surface area (Å²) >= 11 is 0.986. The summed E-state index contributed by atoms with van der Waals surface area (Å²) in [5.41, 5.74) is 0.862. The molecule has 208 valence electrons. The molecule has 0 saturated carbocycles. The minimum absolute atomic E-state index is 0.0409. The second kappa shape index (κ2) is 12.2. The average Bonchev–Trinajstić information content (AvgIpc) is 3.59. The van der Waals surface area contributed by atoms with Crippen LogP contribution in [0.1, 0.15) is 12.7 Å². The Labute approximate surface area is 242 Å². The van der Waals surface area contributed by atoms with Gasteiger partial charge in [-0.1, -0.05) is 18.2 Å². The van der Waals surface area contributed by atoms with Crippen molar-refractivity contribution in [3.05, 3.63) is 126 Å². The van der Waals surface area contributed by atoms with Gasteiger partial charge in [0.2, 0.25) is 0 Å². The van der Waals surface area contributed by atoms with E-state index in [4.69, 9.17) is 9.15 Å². The molecule has 5 aromatic rings. The third-order valence-corrected chi connectivity index (χ3v) is 7.17. The summed E-state index contributed by atoms with van der Waals surface area (Å²) in [6.07, 6.45) is 1.53. The van der Waals surface area contributed by atoms with Crippen molar-refractivity contribution in [2.45, 2.75) is 6.92 Å². The van der Waals surface area contributed by atoms with E-state index in [0.717, 1.165) is 11.3 Å². The number of carbonyl (C=O) groups is 1. The van der Waals surface area contributed by atoms with Gasteiger partial charge in [0, 0.05) is 29.5 Å². The smallest absolute Gasteiger partial charge is 0.273 e. The van der Waals surface area contributed by atoms with Crippen molar-refractivity contribution < 1.29 is 18.9 Å². The van der Waals surface area contributed by atoms with Crippen LogP contribution in [0.5, 0.6) is 5.75 Å². The summed E-state index contributed by atoms with van der Waals surface area (Å²) in [6.45, 7) is 2.37. The number of amides is 1. The van der Waals surface area contributed by atoms with E-state index in [1.807, 2.05) is 13.0 Å². The zero-order valence-corrected chi connectivity index (χ0v) is 23.0. The molecule has 0 unspecified atom stereocenters. The molecule has 0 saturated heterocycles. The van der Waals surface area contributed by atoms with Crippen molar-refractivity contribution >= 4 is 40.3 Å². The van der Waals surface area contributed by atoms with Crippen LogP contribution in [0.3, 0.4) is 0 Å². The van der Waals surface area contributed by atoms with Crippen LogP contribution in [0.15, 0.2) is 100 Å². The van der Waals surface area contributed by atoms with Gasteiger partial charge in [-0.15, -0.1) is 11.3 Å². The summed E-state index contributed by atoms with van der Waals surface area (Å²) in [7, 11) is 0. The van der Waals surface area contributed by atoms with E-state index in [-0.39, 0.29) is 20.5 Å². The molecule has 0 radical (unpaired) electrons. The van der Waals surface area contributed by atoms with Gasteiger partial charge in [-0.05, 0) is 67.6 Å². The van der Waals surface area contributed by atoms with E-state index in [9.17, 15) is 25.0 Å². The number of hydrogen-bond acceptors (Lipinski definition) is 8. The van der Waals surface area contributed by atoms with Crippen LogP contribution in [-0.2, 0) is 4.79 Å². The van der Waals surface area contributed by atoms with E-state index in [0.29, 0.717) is 40.8 Å². The summed E-state index contributed by atoms with van der Waals surface area (Å²) in [4.78, 5) is 37.4. The number of benzene rings is 3. The molecule has 3 aromatic carbocycles. The Balaban J connectivity index is 1.58. The molecular weight excluding hydrogens is 556 g/mol. The Morgan fingerprint density at radius 3 is 2.43 bits per heavy atom. The maximum atomic E-state index is 13.6. The minimum atomic E-state index is -0.669. The number of furan rings is 1. The fourth-order valence-electron chi connectivity index (χ4n) is 4.11. The highest BCUT2D eigenvalue weighted by molar-refractivity contribution is 7.07. The van der Waals surface area contributed by atoms with Gasteiger partial charge in [0.1, 0.15) is 28.0 Å². The number of nitrogens with zero attached hydrogens (tertiary/aromatic N) is 3. The molecule has 0 aliphatic carbocycles. The molecule has 10 nitrogen and oxygen atoms in total. The van der Waals surface area contributed by atoms with Gasteiger partial charge in [0.15, 0.2) is 5.57 Å². The predicted octanol–water partition coefficient (Wildman–Crippen LogP) is 4.61. The Hall–Kier alpha value is -5.73. The molecule has 0 atom stereocenters. The van der Waals surface area contributed by atoms with Crippen molar-refractivity contribution in [2.75, 3.05) is 11.9 Å². The van der Waals surface area contributed by atoms with Crippen molar-refractivity contribution in [2.24, 2.45) is 0 Å². The van der Waals surface area contributed by atoms with Crippen LogP contribution in [0.2, 0.25) is 0 Å². The number of anilines is 1. The average molecular weight is 579 g/mol. The minimum Gasteiger partial charge on any atom is -0.494 e. The number of nitriles is 1.